The van der Waals surface area contributed by atoms with E-state index in [1.807, 2.05) is 26.2 Å². The summed E-state index contributed by atoms with van der Waals surface area (Å²) < 4.78 is 0. The number of allylic oxidation sites excluding steroid dienone is 1. The van der Waals surface area contributed by atoms with Crippen LogP contribution in [0.4, 0.5) is 0 Å². The fraction of sp³-hybridized carbons (Fsp3) is 0.118. The van der Waals surface area contributed by atoms with E-state index in [2.05, 4.69) is 52.8 Å². The zero-order chi connectivity index (χ0) is 13.2. The highest BCUT2D eigenvalue weighted by molar-refractivity contribution is 6.08. The molecule has 0 spiro atoms. The van der Waals surface area contributed by atoms with Crippen LogP contribution >= 0.6 is 0 Å². The molecule has 0 unspecified atom stereocenters. The first kappa shape index (κ1) is 11.7. The number of nitrogens with zero attached hydrogens (tertiary/aromatic N) is 1. The Morgan fingerprint density at radius 3 is 2.63 bits per heavy atom. The van der Waals surface area contributed by atoms with E-state index < -0.39 is 0 Å². The van der Waals surface area contributed by atoms with Crippen LogP contribution in [0, 0.1) is 0 Å². The molecule has 2 nitrogen and oxygen atoms in total. The zero-order valence-electron chi connectivity index (χ0n) is 11.1. The maximum absolute atomic E-state index is 4.65. The van der Waals surface area contributed by atoms with Crippen molar-refractivity contribution in [1.82, 2.24) is 10.3 Å². The molecule has 3 rings (SSSR count). The lowest BCUT2D eigenvalue weighted by molar-refractivity contribution is 1.12. The van der Waals surface area contributed by atoms with E-state index >= 15 is 0 Å². The number of para-hydroxylation sites is 1. The van der Waals surface area contributed by atoms with E-state index in [0.717, 1.165) is 16.8 Å². The molecular formula is C17H16N2. The molecule has 19 heavy (non-hydrogen) atoms. The minimum Gasteiger partial charge on any atom is -0.388 e. The molecule has 1 heterocycles. The average Bonchev–Trinajstić information content (AvgIpc) is 2.48. The monoisotopic (exact) mass is 248 g/mol. The van der Waals surface area contributed by atoms with E-state index in [0.29, 0.717) is 0 Å². The predicted octanol–water partition coefficient (Wildman–Crippen LogP) is 3.97. The van der Waals surface area contributed by atoms with Crippen molar-refractivity contribution in [3.63, 3.8) is 0 Å². The fourth-order valence-electron chi connectivity index (χ4n) is 2.54. The van der Waals surface area contributed by atoms with Crippen LogP contribution in [0.1, 0.15) is 12.5 Å². The Hall–Kier alpha value is -2.35. The molecule has 0 amide bonds. The summed E-state index contributed by atoms with van der Waals surface area (Å²) in [6.45, 7) is 2.03. The van der Waals surface area contributed by atoms with Crippen LogP contribution < -0.4 is 5.32 Å². The van der Waals surface area contributed by atoms with Gasteiger partial charge in [-0.25, -0.2) is 0 Å². The van der Waals surface area contributed by atoms with Gasteiger partial charge in [-0.3, -0.25) is 4.98 Å². The van der Waals surface area contributed by atoms with Crippen LogP contribution in [0.25, 0.3) is 27.4 Å². The fourth-order valence-corrected chi connectivity index (χ4v) is 2.54. The SMILES string of the molecule is C/C=C(\NC)c1cccc2c1ncc1ccccc12. The summed E-state index contributed by atoms with van der Waals surface area (Å²) in [6.07, 6.45) is 4.02. The quantitative estimate of drug-likeness (QED) is 0.694. The highest BCUT2D eigenvalue weighted by atomic mass is 14.8. The van der Waals surface area contributed by atoms with E-state index in [1.54, 1.807) is 0 Å². The van der Waals surface area contributed by atoms with Crippen LogP contribution in [-0.4, -0.2) is 12.0 Å². The van der Waals surface area contributed by atoms with E-state index in [9.17, 15) is 0 Å². The van der Waals surface area contributed by atoms with Gasteiger partial charge in [-0.2, -0.15) is 0 Å². The predicted molar refractivity (Wildman–Crippen MR) is 82.0 cm³/mol. The molecule has 2 aromatic carbocycles. The van der Waals surface area contributed by atoms with Gasteiger partial charge in [0.15, 0.2) is 0 Å². The minimum atomic E-state index is 1.05. The lowest BCUT2D eigenvalue weighted by Gasteiger charge is -2.11. The molecule has 0 aliphatic heterocycles. The topological polar surface area (TPSA) is 24.9 Å². The number of fused-ring (bicyclic) bond motifs is 3. The summed E-state index contributed by atoms with van der Waals surface area (Å²) in [5.41, 5.74) is 3.30. The van der Waals surface area contributed by atoms with Crippen molar-refractivity contribution in [2.45, 2.75) is 6.92 Å². The number of hydrogen-bond acceptors (Lipinski definition) is 2. The molecule has 0 fully saturated rings. The van der Waals surface area contributed by atoms with Gasteiger partial charge in [-0.15, -0.1) is 0 Å². The first-order valence-corrected chi connectivity index (χ1v) is 6.46. The van der Waals surface area contributed by atoms with Crippen LogP contribution in [0.15, 0.2) is 54.7 Å². The third kappa shape index (κ3) is 1.85. The Morgan fingerprint density at radius 2 is 1.84 bits per heavy atom. The Morgan fingerprint density at radius 1 is 1.05 bits per heavy atom. The smallest absolute Gasteiger partial charge is 0.0801 e. The molecule has 0 aliphatic carbocycles. The van der Waals surface area contributed by atoms with Gasteiger partial charge < -0.3 is 5.32 Å². The third-order valence-electron chi connectivity index (χ3n) is 3.47. The number of aromatic nitrogens is 1. The molecular weight excluding hydrogens is 232 g/mol. The van der Waals surface area contributed by atoms with Gasteiger partial charge >= 0.3 is 0 Å². The van der Waals surface area contributed by atoms with Gasteiger partial charge in [0.1, 0.15) is 0 Å². The summed E-state index contributed by atoms with van der Waals surface area (Å²) in [7, 11) is 1.94. The first-order chi connectivity index (χ1) is 9.35. The first-order valence-electron chi connectivity index (χ1n) is 6.46. The molecule has 2 heteroatoms. The normalized spacial score (nSPS) is 12.0. The number of pyridine rings is 1. The molecule has 1 aromatic heterocycles. The number of rotatable bonds is 2. The summed E-state index contributed by atoms with van der Waals surface area (Å²) in [5, 5.41) is 6.86. The van der Waals surface area contributed by atoms with Crippen molar-refractivity contribution >= 4 is 27.4 Å². The van der Waals surface area contributed by atoms with E-state index in [4.69, 9.17) is 0 Å². The summed E-state index contributed by atoms with van der Waals surface area (Å²) in [4.78, 5) is 4.65. The van der Waals surface area contributed by atoms with Crippen LogP contribution in [0.2, 0.25) is 0 Å². The lowest BCUT2D eigenvalue weighted by atomic mass is 10.0. The highest BCUT2D eigenvalue weighted by Gasteiger charge is 2.08. The van der Waals surface area contributed by atoms with Crippen molar-refractivity contribution < 1.29 is 0 Å². The molecule has 0 radical (unpaired) electrons. The van der Waals surface area contributed by atoms with Crippen molar-refractivity contribution in [3.05, 3.63) is 60.3 Å². The van der Waals surface area contributed by atoms with Gasteiger partial charge in [-0.1, -0.05) is 48.5 Å². The van der Waals surface area contributed by atoms with Crippen molar-refractivity contribution in [2.24, 2.45) is 0 Å². The molecule has 0 bridgehead atoms. The zero-order valence-corrected chi connectivity index (χ0v) is 11.1. The molecule has 0 atom stereocenters. The van der Waals surface area contributed by atoms with E-state index in [1.165, 1.54) is 16.2 Å². The van der Waals surface area contributed by atoms with Gasteiger partial charge in [0, 0.05) is 35.3 Å². The number of benzene rings is 2. The maximum atomic E-state index is 4.65. The second kappa shape index (κ2) is 4.73. The Bertz CT molecular complexity index is 772. The average molecular weight is 248 g/mol. The Kier molecular flexibility index (Phi) is 2.92. The maximum Gasteiger partial charge on any atom is 0.0801 e. The van der Waals surface area contributed by atoms with Gasteiger partial charge in [0.05, 0.1) is 5.52 Å². The van der Waals surface area contributed by atoms with Crippen molar-refractivity contribution in [3.8, 4) is 0 Å². The van der Waals surface area contributed by atoms with Crippen LogP contribution in [-0.2, 0) is 0 Å². The Labute approximate surface area is 112 Å². The molecule has 0 aliphatic rings. The van der Waals surface area contributed by atoms with Crippen LogP contribution in [0.5, 0.6) is 0 Å². The molecule has 0 saturated carbocycles. The van der Waals surface area contributed by atoms with Crippen LogP contribution in [0.3, 0.4) is 0 Å². The summed E-state index contributed by atoms with van der Waals surface area (Å²) >= 11 is 0. The Balaban J connectivity index is 2.41. The lowest BCUT2D eigenvalue weighted by Crippen LogP contribution is -2.05. The highest BCUT2D eigenvalue weighted by Crippen LogP contribution is 2.27. The summed E-state index contributed by atoms with van der Waals surface area (Å²) in [6, 6.07) is 14.7. The van der Waals surface area contributed by atoms with E-state index in [-0.39, 0.29) is 0 Å². The largest absolute Gasteiger partial charge is 0.388 e. The second-order valence-corrected chi connectivity index (χ2v) is 4.50. The minimum absolute atomic E-state index is 1.05. The summed E-state index contributed by atoms with van der Waals surface area (Å²) in [5.74, 6) is 0. The standard InChI is InChI=1S/C17H16N2/c1-3-16(18-2)15-10-6-9-14-13-8-5-4-7-12(13)11-19-17(14)15/h3-11,18H,1-2H3/b16-3-. The van der Waals surface area contributed by atoms with Gasteiger partial charge in [-0.05, 0) is 12.3 Å². The number of nitrogens with one attached hydrogen (secondary N) is 1. The molecule has 1 N–H and O–H groups in total. The van der Waals surface area contributed by atoms with Crippen molar-refractivity contribution in [1.29, 1.82) is 0 Å². The molecule has 3 aromatic rings. The van der Waals surface area contributed by atoms with Gasteiger partial charge in [0.2, 0.25) is 0 Å². The third-order valence-corrected chi connectivity index (χ3v) is 3.47. The molecule has 94 valence electrons. The second-order valence-electron chi connectivity index (χ2n) is 4.50. The molecule has 0 saturated heterocycles. The van der Waals surface area contributed by atoms with Gasteiger partial charge in [0.25, 0.3) is 0 Å². The van der Waals surface area contributed by atoms with Crippen molar-refractivity contribution in [2.75, 3.05) is 7.05 Å². The number of hydrogen-bond donors (Lipinski definition) is 1.